The zero-order valence-electron chi connectivity index (χ0n) is 10.4. The molecule has 3 nitrogen and oxygen atoms in total. The number of carbonyl (C=O) groups is 1. The van der Waals surface area contributed by atoms with Gasteiger partial charge < -0.3 is 10.4 Å². The van der Waals surface area contributed by atoms with E-state index >= 15 is 0 Å². The molecule has 0 spiro atoms. The van der Waals surface area contributed by atoms with Gasteiger partial charge in [-0.25, -0.2) is 0 Å². The van der Waals surface area contributed by atoms with Crippen LogP contribution in [0.1, 0.15) is 22.8 Å². The first-order valence-electron chi connectivity index (χ1n) is 5.86. The zero-order chi connectivity index (χ0) is 13.8. The SMILES string of the molecule is CC(Cc1ccsc1)NC(=O)c1ccc(I)c(O)c1. The highest BCUT2D eigenvalue weighted by atomic mass is 127. The number of hydrogen-bond donors (Lipinski definition) is 2. The fourth-order valence-electron chi connectivity index (χ4n) is 1.77. The van der Waals surface area contributed by atoms with Gasteiger partial charge in [-0.3, -0.25) is 4.79 Å². The van der Waals surface area contributed by atoms with E-state index in [2.05, 4.69) is 16.8 Å². The molecule has 0 aliphatic carbocycles. The van der Waals surface area contributed by atoms with E-state index in [-0.39, 0.29) is 17.7 Å². The maximum atomic E-state index is 12.0. The normalized spacial score (nSPS) is 12.1. The quantitative estimate of drug-likeness (QED) is 0.790. The van der Waals surface area contributed by atoms with Crippen LogP contribution < -0.4 is 5.32 Å². The smallest absolute Gasteiger partial charge is 0.251 e. The van der Waals surface area contributed by atoms with Gasteiger partial charge in [-0.05, 0) is 76.5 Å². The van der Waals surface area contributed by atoms with Crippen LogP contribution in [0, 0.1) is 3.57 Å². The lowest BCUT2D eigenvalue weighted by Crippen LogP contribution is -2.33. The second-order valence-electron chi connectivity index (χ2n) is 4.38. The van der Waals surface area contributed by atoms with Gasteiger partial charge >= 0.3 is 0 Å². The van der Waals surface area contributed by atoms with Crippen molar-refractivity contribution in [2.24, 2.45) is 0 Å². The van der Waals surface area contributed by atoms with Crippen LogP contribution in [0.4, 0.5) is 0 Å². The van der Waals surface area contributed by atoms with E-state index in [0.717, 1.165) is 9.99 Å². The Morgan fingerprint density at radius 2 is 2.26 bits per heavy atom. The third-order valence-electron chi connectivity index (χ3n) is 2.71. The molecule has 1 unspecified atom stereocenters. The Morgan fingerprint density at radius 1 is 1.47 bits per heavy atom. The van der Waals surface area contributed by atoms with E-state index < -0.39 is 0 Å². The number of amides is 1. The van der Waals surface area contributed by atoms with Gasteiger partial charge in [0.25, 0.3) is 5.91 Å². The number of phenolic OH excluding ortho intramolecular Hbond substituents is 1. The molecule has 1 aromatic heterocycles. The Bertz CT molecular complexity index is 569. The topological polar surface area (TPSA) is 49.3 Å². The molecule has 19 heavy (non-hydrogen) atoms. The van der Waals surface area contributed by atoms with Crippen LogP contribution in [0.2, 0.25) is 0 Å². The van der Waals surface area contributed by atoms with Gasteiger partial charge in [0.05, 0.1) is 3.57 Å². The number of thiophene rings is 1. The first-order chi connectivity index (χ1) is 9.06. The van der Waals surface area contributed by atoms with E-state index in [1.807, 2.05) is 34.9 Å². The Hall–Kier alpha value is -1.08. The van der Waals surface area contributed by atoms with Crippen molar-refractivity contribution in [3.05, 3.63) is 49.7 Å². The van der Waals surface area contributed by atoms with E-state index in [9.17, 15) is 9.90 Å². The van der Waals surface area contributed by atoms with E-state index in [1.54, 1.807) is 23.5 Å². The van der Waals surface area contributed by atoms with Crippen molar-refractivity contribution in [1.29, 1.82) is 0 Å². The van der Waals surface area contributed by atoms with Gasteiger partial charge in [0, 0.05) is 11.6 Å². The van der Waals surface area contributed by atoms with E-state index in [1.165, 1.54) is 11.6 Å². The molecule has 5 heteroatoms. The lowest BCUT2D eigenvalue weighted by atomic mass is 10.1. The summed E-state index contributed by atoms with van der Waals surface area (Å²) in [6.07, 6.45) is 0.811. The maximum absolute atomic E-state index is 12.0. The molecule has 1 aromatic carbocycles. The number of rotatable bonds is 4. The summed E-state index contributed by atoms with van der Waals surface area (Å²) in [5, 5.41) is 16.6. The molecule has 0 saturated carbocycles. The second-order valence-corrected chi connectivity index (χ2v) is 6.32. The number of nitrogens with one attached hydrogen (secondary N) is 1. The number of benzene rings is 1. The van der Waals surface area contributed by atoms with Crippen molar-refractivity contribution in [1.82, 2.24) is 5.32 Å². The van der Waals surface area contributed by atoms with Crippen LogP contribution in [-0.2, 0) is 6.42 Å². The van der Waals surface area contributed by atoms with Crippen molar-refractivity contribution in [3.63, 3.8) is 0 Å². The van der Waals surface area contributed by atoms with Gasteiger partial charge in [-0.1, -0.05) is 0 Å². The minimum Gasteiger partial charge on any atom is -0.507 e. The molecule has 2 aromatic rings. The van der Waals surface area contributed by atoms with Crippen LogP contribution >= 0.6 is 33.9 Å². The first kappa shape index (κ1) is 14.3. The van der Waals surface area contributed by atoms with Gasteiger partial charge in [0.2, 0.25) is 0 Å². The third-order valence-corrected chi connectivity index (χ3v) is 4.35. The summed E-state index contributed by atoms with van der Waals surface area (Å²) >= 11 is 3.68. The summed E-state index contributed by atoms with van der Waals surface area (Å²) in [6.45, 7) is 1.97. The third kappa shape index (κ3) is 3.94. The molecule has 1 amide bonds. The predicted octanol–water partition coefficient (Wildman–Crippen LogP) is 3.42. The molecule has 0 fully saturated rings. The highest BCUT2D eigenvalue weighted by Gasteiger charge is 2.12. The molecule has 0 saturated heterocycles. The average molecular weight is 387 g/mol. The molecule has 1 heterocycles. The van der Waals surface area contributed by atoms with Crippen LogP contribution in [-0.4, -0.2) is 17.1 Å². The summed E-state index contributed by atoms with van der Waals surface area (Å²) in [5.41, 5.74) is 1.71. The fourth-order valence-corrected chi connectivity index (χ4v) is 2.79. The molecular weight excluding hydrogens is 373 g/mol. The van der Waals surface area contributed by atoms with Crippen LogP contribution in [0.3, 0.4) is 0 Å². The molecule has 0 aliphatic heterocycles. The number of halogens is 1. The minimum atomic E-state index is -0.158. The molecule has 1 atom stereocenters. The average Bonchev–Trinajstić information content (AvgIpc) is 2.85. The molecule has 0 bridgehead atoms. The summed E-state index contributed by atoms with van der Waals surface area (Å²) in [5.74, 6) is -0.0202. The number of hydrogen-bond acceptors (Lipinski definition) is 3. The van der Waals surface area contributed by atoms with Crippen molar-refractivity contribution in [3.8, 4) is 5.75 Å². The van der Waals surface area contributed by atoms with Crippen molar-refractivity contribution in [2.45, 2.75) is 19.4 Å². The van der Waals surface area contributed by atoms with Crippen molar-refractivity contribution >= 4 is 39.8 Å². The summed E-state index contributed by atoms with van der Waals surface area (Å²) in [4.78, 5) is 12.0. The van der Waals surface area contributed by atoms with Gasteiger partial charge in [-0.15, -0.1) is 0 Å². The molecule has 0 radical (unpaired) electrons. The zero-order valence-corrected chi connectivity index (χ0v) is 13.4. The van der Waals surface area contributed by atoms with E-state index in [4.69, 9.17) is 0 Å². The first-order valence-corrected chi connectivity index (χ1v) is 7.89. The standard InChI is InChI=1S/C14H14INO2S/c1-9(6-10-4-5-19-8-10)16-14(18)11-2-3-12(15)13(17)7-11/h2-5,7-9,17H,6H2,1H3,(H,16,18). The molecule has 2 N–H and O–H groups in total. The summed E-state index contributed by atoms with van der Waals surface area (Å²) in [7, 11) is 0. The fraction of sp³-hybridized carbons (Fsp3) is 0.214. The lowest BCUT2D eigenvalue weighted by molar-refractivity contribution is 0.0939. The van der Waals surface area contributed by atoms with Gasteiger partial charge in [-0.2, -0.15) is 11.3 Å². The minimum absolute atomic E-state index is 0.0588. The highest BCUT2D eigenvalue weighted by molar-refractivity contribution is 14.1. The van der Waals surface area contributed by atoms with Crippen LogP contribution in [0.25, 0.3) is 0 Å². The van der Waals surface area contributed by atoms with Crippen molar-refractivity contribution in [2.75, 3.05) is 0 Å². The summed E-state index contributed by atoms with van der Waals surface area (Å²) < 4.78 is 0.737. The van der Waals surface area contributed by atoms with Crippen LogP contribution in [0.5, 0.6) is 5.75 Å². The predicted molar refractivity (Wildman–Crippen MR) is 85.8 cm³/mol. The Kier molecular flexibility index (Phi) is 4.81. The number of phenols is 1. The molecular formula is C14H14INO2S. The number of carbonyl (C=O) groups excluding carboxylic acids is 1. The van der Waals surface area contributed by atoms with Gasteiger partial charge in [0.1, 0.15) is 5.75 Å². The Labute approximate surface area is 129 Å². The maximum Gasteiger partial charge on any atom is 0.251 e. The van der Waals surface area contributed by atoms with Crippen molar-refractivity contribution < 1.29 is 9.90 Å². The number of aromatic hydroxyl groups is 1. The van der Waals surface area contributed by atoms with E-state index in [0.29, 0.717) is 5.56 Å². The monoisotopic (exact) mass is 387 g/mol. The lowest BCUT2D eigenvalue weighted by Gasteiger charge is -2.13. The largest absolute Gasteiger partial charge is 0.507 e. The molecule has 100 valence electrons. The Balaban J connectivity index is 1.98. The van der Waals surface area contributed by atoms with Crippen LogP contribution in [0.15, 0.2) is 35.0 Å². The van der Waals surface area contributed by atoms with Gasteiger partial charge in [0.15, 0.2) is 0 Å². The highest BCUT2D eigenvalue weighted by Crippen LogP contribution is 2.20. The summed E-state index contributed by atoms with van der Waals surface area (Å²) in [6, 6.07) is 7.06. The Morgan fingerprint density at radius 3 is 2.89 bits per heavy atom. The molecule has 0 aliphatic rings. The second kappa shape index (κ2) is 6.38. The molecule has 2 rings (SSSR count).